The van der Waals surface area contributed by atoms with Gasteiger partial charge >= 0.3 is 0 Å². The molecule has 2 rings (SSSR count). The molecule has 1 aromatic carbocycles. The molecule has 0 aliphatic carbocycles. The van der Waals surface area contributed by atoms with E-state index in [0.717, 1.165) is 9.35 Å². The second kappa shape index (κ2) is 6.08. The van der Waals surface area contributed by atoms with E-state index in [1.807, 2.05) is 11.4 Å². The number of hydrogen-bond donors (Lipinski definition) is 2. The standard InChI is InChI=1S/C13H13BrN2O2S/c1-17-11-6-8(13(15)16)2-3-10(11)18-7-12-9(14)4-5-19-12/h2-6H,7H2,1H3,(H3,15,16). The van der Waals surface area contributed by atoms with Crippen LogP contribution in [0.3, 0.4) is 0 Å². The first-order valence-electron chi connectivity index (χ1n) is 5.49. The summed E-state index contributed by atoms with van der Waals surface area (Å²) in [5.74, 6) is 1.21. The Hall–Kier alpha value is -1.53. The molecule has 0 bridgehead atoms. The highest BCUT2D eigenvalue weighted by atomic mass is 79.9. The van der Waals surface area contributed by atoms with Gasteiger partial charge in [-0.2, -0.15) is 0 Å². The summed E-state index contributed by atoms with van der Waals surface area (Å²) < 4.78 is 12.0. The van der Waals surface area contributed by atoms with Crippen LogP contribution in [-0.2, 0) is 6.61 Å². The van der Waals surface area contributed by atoms with Gasteiger partial charge in [0.05, 0.1) is 12.0 Å². The molecule has 0 spiro atoms. The topological polar surface area (TPSA) is 68.3 Å². The number of halogens is 1. The highest BCUT2D eigenvalue weighted by Gasteiger charge is 2.09. The lowest BCUT2D eigenvalue weighted by molar-refractivity contribution is 0.287. The molecule has 1 heterocycles. The molecule has 0 aliphatic rings. The maximum absolute atomic E-state index is 7.40. The Kier molecular flexibility index (Phi) is 4.44. The van der Waals surface area contributed by atoms with Crippen molar-refractivity contribution in [2.75, 3.05) is 7.11 Å². The van der Waals surface area contributed by atoms with Crippen LogP contribution < -0.4 is 15.2 Å². The predicted molar refractivity (Wildman–Crippen MR) is 80.4 cm³/mol. The van der Waals surface area contributed by atoms with E-state index < -0.39 is 0 Å². The quantitative estimate of drug-likeness (QED) is 0.647. The third-order valence-corrected chi connectivity index (χ3v) is 4.42. The van der Waals surface area contributed by atoms with Gasteiger partial charge in [0.1, 0.15) is 12.4 Å². The number of hydrogen-bond acceptors (Lipinski definition) is 4. The minimum atomic E-state index is 0.00542. The van der Waals surface area contributed by atoms with E-state index in [2.05, 4.69) is 15.9 Å². The Bertz CT molecular complexity index is 598. The summed E-state index contributed by atoms with van der Waals surface area (Å²) in [6, 6.07) is 7.18. The fraction of sp³-hybridized carbons (Fsp3) is 0.154. The van der Waals surface area contributed by atoms with Crippen molar-refractivity contribution in [3.05, 3.63) is 44.6 Å². The van der Waals surface area contributed by atoms with E-state index in [-0.39, 0.29) is 5.84 Å². The molecule has 3 N–H and O–H groups in total. The number of nitrogens with one attached hydrogen (secondary N) is 1. The van der Waals surface area contributed by atoms with Crippen molar-refractivity contribution in [1.82, 2.24) is 0 Å². The van der Waals surface area contributed by atoms with E-state index in [9.17, 15) is 0 Å². The molecule has 0 radical (unpaired) electrons. The minimum absolute atomic E-state index is 0.00542. The largest absolute Gasteiger partial charge is 0.493 e. The lowest BCUT2D eigenvalue weighted by Gasteiger charge is -2.11. The molecule has 0 fully saturated rings. The second-order valence-electron chi connectivity index (χ2n) is 3.76. The summed E-state index contributed by atoms with van der Waals surface area (Å²) in [6.07, 6.45) is 0. The third-order valence-electron chi connectivity index (χ3n) is 2.52. The second-order valence-corrected chi connectivity index (χ2v) is 5.61. The maximum Gasteiger partial charge on any atom is 0.161 e. The normalized spacial score (nSPS) is 10.2. The molecule has 6 heteroatoms. The average Bonchev–Trinajstić information content (AvgIpc) is 2.81. The molecular formula is C13H13BrN2O2S. The Morgan fingerprint density at radius 3 is 2.74 bits per heavy atom. The molecule has 0 amide bonds. The lowest BCUT2D eigenvalue weighted by atomic mass is 10.2. The van der Waals surface area contributed by atoms with Crippen LogP contribution in [0.25, 0.3) is 0 Å². The van der Waals surface area contributed by atoms with Crippen molar-refractivity contribution >= 4 is 33.1 Å². The van der Waals surface area contributed by atoms with Crippen LogP contribution in [0.2, 0.25) is 0 Å². The van der Waals surface area contributed by atoms with E-state index in [1.165, 1.54) is 0 Å². The SMILES string of the molecule is COc1cc(C(=N)N)ccc1OCc1sccc1Br. The van der Waals surface area contributed by atoms with Crippen molar-refractivity contribution in [3.63, 3.8) is 0 Å². The van der Waals surface area contributed by atoms with E-state index in [4.69, 9.17) is 20.6 Å². The van der Waals surface area contributed by atoms with Crippen LogP contribution in [0, 0.1) is 5.41 Å². The Morgan fingerprint density at radius 1 is 1.37 bits per heavy atom. The van der Waals surface area contributed by atoms with Crippen LogP contribution in [0.4, 0.5) is 0 Å². The van der Waals surface area contributed by atoms with Crippen molar-refractivity contribution in [3.8, 4) is 11.5 Å². The van der Waals surface area contributed by atoms with Gasteiger partial charge in [0.2, 0.25) is 0 Å². The molecule has 1 aromatic heterocycles. The predicted octanol–water partition coefficient (Wildman–Crippen LogP) is 3.38. The maximum atomic E-state index is 7.40. The molecule has 0 atom stereocenters. The van der Waals surface area contributed by atoms with Gasteiger partial charge in [-0.1, -0.05) is 0 Å². The lowest BCUT2D eigenvalue weighted by Crippen LogP contribution is -2.11. The molecular weight excluding hydrogens is 328 g/mol. The third kappa shape index (κ3) is 3.27. The van der Waals surface area contributed by atoms with Gasteiger partial charge in [-0.3, -0.25) is 5.41 Å². The van der Waals surface area contributed by atoms with Gasteiger partial charge in [0.15, 0.2) is 11.5 Å². The van der Waals surface area contributed by atoms with Crippen LogP contribution in [0.1, 0.15) is 10.4 Å². The van der Waals surface area contributed by atoms with E-state index in [1.54, 1.807) is 36.6 Å². The molecule has 4 nitrogen and oxygen atoms in total. The Balaban J connectivity index is 2.16. The van der Waals surface area contributed by atoms with Crippen molar-refractivity contribution in [2.45, 2.75) is 6.61 Å². The first kappa shape index (κ1) is 13.9. The zero-order valence-electron chi connectivity index (χ0n) is 10.3. The highest BCUT2D eigenvalue weighted by molar-refractivity contribution is 9.10. The molecule has 19 heavy (non-hydrogen) atoms. The van der Waals surface area contributed by atoms with Crippen LogP contribution in [0.5, 0.6) is 11.5 Å². The number of ether oxygens (including phenoxy) is 2. The van der Waals surface area contributed by atoms with Gasteiger partial charge in [-0.25, -0.2) is 0 Å². The molecule has 0 saturated heterocycles. The molecule has 2 aromatic rings. The first-order valence-corrected chi connectivity index (χ1v) is 7.16. The monoisotopic (exact) mass is 340 g/mol. The summed E-state index contributed by atoms with van der Waals surface area (Å²) in [6.45, 7) is 0.466. The minimum Gasteiger partial charge on any atom is -0.493 e. The zero-order valence-corrected chi connectivity index (χ0v) is 12.7. The number of amidine groups is 1. The zero-order chi connectivity index (χ0) is 13.8. The van der Waals surface area contributed by atoms with Gasteiger partial charge in [-0.15, -0.1) is 11.3 Å². The highest BCUT2D eigenvalue weighted by Crippen LogP contribution is 2.30. The van der Waals surface area contributed by atoms with Crippen LogP contribution in [-0.4, -0.2) is 12.9 Å². The molecule has 0 saturated carbocycles. The van der Waals surface area contributed by atoms with Crippen LogP contribution >= 0.6 is 27.3 Å². The smallest absolute Gasteiger partial charge is 0.161 e. The summed E-state index contributed by atoms with van der Waals surface area (Å²) in [4.78, 5) is 1.11. The fourth-order valence-corrected chi connectivity index (χ4v) is 2.90. The van der Waals surface area contributed by atoms with Crippen LogP contribution in [0.15, 0.2) is 34.1 Å². The van der Waals surface area contributed by atoms with Gasteiger partial charge in [0.25, 0.3) is 0 Å². The van der Waals surface area contributed by atoms with Crippen molar-refractivity contribution < 1.29 is 9.47 Å². The summed E-state index contributed by atoms with van der Waals surface area (Å²) in [7, 11) is 1.56. The number of benzene rings is 1. The summed E-state index contributed by atoms with van der Waals surface area (Å²) >= 11 is 5.08. The van der Waals surface area contributed by atoms with Crippen molar-refractivity contribution in [2.24, 2.45) is 5.73 Å². The first-order chi connectivity index (χ1) is 9.11. The van der Waals surface area contributed by atoms with Crippen molar-refractivity contribution in [1.29, 1.82) is 5.41 Å². The number of thiophene rings is 1. The number of rotatable bonds is 5. The van der Waals surface area contributed by atoms with Gasteiger partial charge in [-0.05, 0) is 45.6 Å². The van der Waals surface area contributed by atoms with Gasteiger partial charge in [0, 0.05) is 10.0 Å². The fourth-order valence-electron chi connectivity index (χ4n) is 1.53. The van der Waals surface area contributed by atoms with E-state index >= 15 is 0 Å². The Morgan fingerprint density at radius 2 is 2.16 bits per heavy atom. The molecule has 0 aliphatic heterocycles. The van der Waals surface area contributed by atoms with E-state index in [0.29, 0.717) is 23.7 Å². The number of methoxy groups -OCH3 is 1. The Labute approximate surface area is 123 Å². The molecule has 0 unspecified atom stereocenters. The summed E-state index contributed by atoms with van der Waals surface area (Å²) in [5.41, 5.74) is 6.05. The van der Waals surface area contributed by atoms with Gasteiger partial charge < -0.3 is 15.2 Å². The summed E-state index contributed by atoms with van der Waals surface area (Å²) in [5, 5.41) is 9.40. The number of nitrogens with two attached hydrogens (primary N) is 1. The molecule has 100 valence electrons. The number of nitrogen functional groups attached to an aromatic ring is 1. The average molecular weight is 341 g/mol.